The quantitative estimate of drug-likeness (QED) is 0.656. The van der Waals surface area contributed by atoms with Crippen molar-refractivity contribution in [3.05, 3.63) is 17.1 Å². The van der Waals surface area contributed by atoms with Crippen LogP contribution in [0.25, 0.3) is 10.8 Å². The topological polar surface area (TPSA) is 127 Å². The maximum atomic E-state index is 13.5. The number of carboxylic acid groups (broad SMARTS) is 1. The van der Waals surface area contributed by atoms with Gasteiger partial charge in [0.25, 0.3) is 0 Å². The Morgan fingerprint density at radius 2 is 1.97 bits per heavy atom. The molecule has 4 rings (SSSR count). The normalized spacial score (nSPS) is 18.7. The molecule has 2 N–H and O–H groups in total. The molecule has 172 valence electrons. The van der Waals surface area contributed by atoms with E-state index in [2.05, 4.69) is 25.0 Å². The molecular formula is C19H21F2N5O5S. The molecule has 1 aliphatic heterocycles. The third-order valence-corrected chi connectivity index (χ3v) is 6.09. The van der Waals surface area contributed by atoms with Crippen molar-refractivity contribution in [2.45, 2.75) is 43.8 Å². The van der Waals surface area contributed by atoms with Gasteiger partial charge in [0.1, 0.15) is 11.9 Å². The fourth-order valence-electron chi connectivity index (χ4n) is 3.48. The van der Waals surface area contributed by atoms with Crippen LogP contribution < -0.4 is 10.1 Å². The number of rotatable bonds is 6. The summed E-state index contributed by atoms with van der Waals surface area (Å²) in [6.07, 6.45) is -0.575. The first kappa shape index (κ1) is 22.1. The molecule has 0 unspecified atom stereocenters. The molecule has 0 spiro atoms. The van der Waals surface area contributed by atoms with Gasteiger partial charge in [-0.2, -0.15) is 4.98 Å². The van der Waals surface area contributed by atoms with Gasteiger partial charge in [-0.25, -0.2) is 28.3 Å². The molecule has 0 aromatic carbocycles. The molecule has 2 aliphatic rings. The molecule has 1 aliphatic carbocycles. The van der Waals surface area contributed by atoms with Gasteiger partial charge in [-0.05, 0) is 12.8 Å². The average molecular weight is 469 g/mol. The predicted molar refractivity (Wildman–Crippen MR) is 109 cm³/mol. The minimum Gasteiger partial charge on any atom is -0.476 e. The van der Waals surface area contributed by atoms with Crippen molar-refractivity contribution in [1.29, 1.82) is 0 Å². The number of carbonyl (C=O) groups is 2. The van der Waals surface area contributed by atoms with Gasteiger partial charge in [0.2, 0.25) is 11.8 Å². The predicted octanol–water partition coefficient (Wildman–Crippen LogP) is 3.12. The number of thiazole rings is 1. The maximum Gasteiger partial charge on any atom is 0.409 e. The van der Waals surface area contributed by atoms with E-state index in [4.69, 9.17) is 9.84 Å². The molecule has 0 radical (unpaired) electrons. The Hall–Kier alpha value is -3.09. The number of anilines is 1. The number of halogens is 2. The van der Waals surface area contributed by atoms with Gasteiger partial charge < -0.3 is 24.8 Å². The first-order valence-corrected chi connectivity index (χ1v) is 10.8. The van der Waals surface area contributed by atoms with Crippen LogP contribution in [0.2, 0.25) is 0 Å². The Bertz CT molecular complexity index is 1000. The highest BCUT2D eigenvalue weighted by Crippen LogP contribution is 2.35. The standard InChI is InChI=1S/C19H21F2N5O5S/c1-30-18(29)26-7-11(8-26)31-14-6-13(22-10-2-4-19(20,21)5-3-10)24-15(25-14)16-23-12(9-32-16)17(27)28/h6,9-11H,2-5,7-8H2,1H3,(H,27,28)(H,22,24,25). The minimum atomic E-state index is -2.65. The lowest BCUT2D eigenvalue weighted by atomic mass is 9.92. The zero-order chi connectivity index (χ0) is 22.9. The Morgan fingerprint density at radius 3 is 2.59 bits per heavy atom. The average Bonchev–Trinajstić information content (AvgIpc) is 3.22. The highest BCUT2D eigenvalue weighted by atomic mass is 32.1. The molecule has 32 heavy (non-hydrogen) atoms. The Labute approximate surface area is 185 Å². The molecule has 2 fully saturated rings. The van der Waals surface area contributed by atoms with Crippen molar-refractivity contribution in [3.63, 3.8) is 0 Å². The van der Waals surface area contributed by atoms with Crippen LogP contribution in [0.5, 0.6) is 5.88 Å². The summed E-state index contributed by atoms with van der Waals surface area (Å²) in [7, 11) is 1.30. The van der Waals surface area contributed by atoms with E-state index in [-0.39, 0.29) is 47.4 Å². The third kappa shape index (κ3) is 5.03. The van der Waals surface area contributed by atoms with Crippen molar-refractivity contribution in [2.24, 2.45) is 0 Å². The lowest BCUT2D eigenvalue weighted by Gasteiger charge is -2.37. The number of nitrogens with one attached hydrogen (secondary N) is 1. The number of likely N-dealkylation sites (tertiary alicyclic amines) is 1. The molecule has 10 nitrogen and oxygen atoms in total. The smallest absolute Gasteiger partial charge is 0.409 e. The number of carboxylic acids is 1. The molecule has 2 aromatic rings. The van der Waals surface area contributed by atoms with Crippen LogP contribution in [0.15, 0.2) is 11.4 Å². The third-order valence-electron chi connectivity index (χ3n) is 5.25. The number of ether oxygens (including phenoxy) is 2. The summed E-state index contributed by atoms with van der Waals surface area (Å²) >= 11 is 1.07. The highest BCUT2D eigenvalue weighted by Gasteiger charge is 2.36. The van der Waals surface area contributed by atoms with Crippen LogP contribution >= 0.6 is 11.3 Å². The Morgan fingerprint density at radius 1 is 1.25 bits per heavy atom. The number of amides is 1. The van der Waals surface area contributed by atoms with Gasteiger partial charge in [0, 0.05) is 30.3 Å². The summed E-state index contributed by atoms with van der Waals surface area (Å²) in [6, 6.07) is 1.37. The highest BCUT2D eigenvalue weighted by molar-refractivity contribution is 7.13. The zero-order valence-electron chi connectivity index (χ0n) is 17.1. The van der Waals surface area contributed by atoms with E-state index in [0.717, 1.165) is 11.3 Å². The first-order chi connectivity index (χ1) is 15.2. The SMILES string of the molecule is COC(=O)N1CC(Oc2cc(NC3CCC(F)(F)CC3)nc(-c3nc(C(=O)O)cs3)n2)C1. The number of nitrogens with zero attached hydrogens (tertiary/aromatic N) is 4. The summed E-state index contributed by atoms with van der Waals surface area (Å²) in [6.45, 7) is 0.653. The lowest BCUT2D eigenvalue weighted by Crippen LogP contribution is -2.56. The van der Waals surface area contributed by atoms with Gasteiger partial charge in [-0.3, -0.25) is 0 Å². The maximum absolute atomic E-state index is 13.5. The summed E-state index contributed by atoms with van der Waals surface area (Å²) in [4.78, 5) is 36.9. The molecule has 13 heteroatoms. The van der Waals surface area contributed by atoms with Gasteiger partial charge >= 0.3 is 12.1 Å². The van der Waals surface area contributed by atoms with Crippen molar-refractivity contribution < 1.29 is 33.0 Å². The van der Waals surface area contributed by atoms with E-state index in [1.54, 1.807) is 6.07 Å². The molecule has 3 heterocycles. The van der Waals surface area contributed by atoms with E-state index in [1.165, 1.54) is 17.4 Å². The Balaban J connectivity index is 1.53. The number of methoxy groups -OCH3 is 1. The molecule has 0 atom stereocenters. The number of hydrogen-bond donors (Lipinski definition) is 2. The lowest BCUT2D eigenvalue weighted by molar-refractivity contribution is -0.0361. The van der Waals surface area contributed by atoms with Gasteiger partial charge in [0.15, 0.2) is 16.5 Å². The summed E-state index contributed by atoms with van der Waals surface area (Å²) in [5.74, 6) is -3.07. The number of alkyl halides is 2. The van der Waals surface area contributed by atoms with E-state index in [1.807, 2.05) is 0 Å². The van der Waals surface area contributed by atoms with Crippen LogP contribution in [-0.2, 0) is 4.74 Å². The fraction of sp³-hybridized carbons (Fsp3) is 0.526. The largest absolute Gasteiger partial charge is 0.476 e. The van der Waals surface area contributed by atoms with E-state index in [0.29, 0.717) is 31.7 Å². The Kier molecular flexibility index (Phi) is 6.09. The second kappa shape index (κ2) is 8.81. The number of hydrogen-bond acceptors (Lipinski definition) is 9. The van der Waals surface area contributed by atoms with Crippen LogP contribution in [0.1, 0.15) is 36.2 Å². The zero-order valence-corrected chi connectivity index (χ0v) is 17.9. The van der Waals surface area contributed by atoms with Crippen LogP contribution in [0, 0.1) is 0 Å². The first-order valence-electron chi connectivity index (χ1n) is 9.94. The van der Waals surface area contributed by atoms with Gasteiger partial charge in [0.05, 0.1) is 20.2 Å². The van der Waals surface area contributed by atoms with Crippen molar-refractivity contribution >= 4 is 29.2 Å². The summed E-state index contributed by atoms with van der Waals surface area (Å²) in [5, 5.41) is 13.9. The van der Waals surface area contributed by atoms with E-state index >= 15 is 0 Å². The number of carbonyl (C=O) groups excluding carboxylic acids is 1. The van der Waals surface area contributed by atoms with Crippen LogP contribution in [0.4, 0.5) is 19.4 Å². The molecule has 1 amide bonds. The molecule has 1 saturated carbocycles. The molecule has 1 saturated heterocycles. The number of aromatic nitrogens is 3. The summed E-state index contributed by atoms with van der Waals surface area (Å²) in [5.41, 5.74) is -0.128. The van der Waals surface area contributed by atoms with E-state index < -0.39 is 18.0 Å². The van der Waals surface area contributed by atoms with E-state index in [9.17, 15) is 18.4 Å². The second-order valence-corrected chi connectivity index (χ2v) is 8.51. The molecule has 0 bridgehead atoms. The monoisotopic (exact) mass is 469 g/mol. The van der Waals surface area contributed by atoms with Crippen LogP contribution in [-0.4, -0.2) is 75.3 Å². The summed E-state index contributed by atoms with van der Waals surface area (Å²) < 4.78 is 37.5. The second-order valence-electron chi connectivity index (χ2n) is 7.65. The van der Waals surface area contributed by atoms with Crippen molar-refractivity contribution in [2.75, 3.05) is 25.5 Å². The molecular weight excluding hydrogens is 448 g/mol. The van der Waals surface area contributed by atoms with Crippen molar-refractivity contribution in [1.82, 2.24) is 19.9 Å². The minimum absolute atomic E-state index is 0.128. The fourth-order valence-corrected chi connectivity index (χ4v) is 4.21. The van der Waals surface area contributed by atoms with Crippen LogP contribution in [0.3, 0.4) is 0 Å². The molecule has 2 aromatic heterocycles. The van der Waals surface area contributed by atoms with Gasteiger partial charge in [-0.15, -0.1) is 11.3 Å². The van der Waals surface area contributed by atoms with Crippen molar-refractivity contribution in [3.8, 4) is 16.7 Å². The number of aromatic carboxylic acids is 1. The van der Waals surface area contributed by atoms with Gasteiger partial charge in [-0.1, -0.05) is 0 Å².